The highest BCUT2D eigenvalue weighted by molar-refractivity contribution is 5.88. The number of hydrogen-bond donors (Lipinski definition) is 3. The number of nitrogens with zero attached hydrogens (tertiary/aromatic N) is 2. The molecule has 0 bridgehead atoms. The molecule has 5 aliphatic rings. The van der Waals surface area contributed by atoms with E-state index in [2.05, 4.69) is 17.8 Å². The van der Waals surface area contributed by atoms with E-state index >= 15 is 0 Å². The minimum absolute atomic E-state index is 0.0385. The SMILES string of the molecule is CC1CC(C2NNC3C(F)CCCC32)CCC1C(=O)N1CCN(C(=O)C2(O)CC2)CC1. The van der Waals surface area contributed by atoms with Crippen LogP contribution >= 0.6 is 0 Å². The van der Waals surface area contributed by atoms with Gasteiger partial charge in [0.15, 0.2) is 0 Å². The van der Waals surface area contributed by atoms with Gasteiger partial charge in [0, 0.05) is 38.1 Å². The topological polar surface area (TPSA) is 84.9 Å². The molecule has 2 amide bonds. The number of carbonyl (C=O) groups excluding carboxylic acids is 2. The fraction of sp³-hybridized carbons (Fsp3) is 0.913. The first-order valence-electron chi connectivity index (χ1n) is 12.3. The molecular weight excluding hydrogens is 399 g/mol. The number of hydrazine groups is 1. The molecule has 0 aromatic carbocycles. The summed E-state index contributed by atoms with van der Waals surface area (Å²) in [6, 6.07) is 0.256. The lowest BCUT2D eigenvalue weighted by Gasteiger charge is -2.42. The Morgan fingerprint density at radius 1 is 0.968 bits per heavy atom. The molecular formula is C23H37FN4O3. The average Bonchev–Trinajstić information content (AvgIpc) is 3.37. The summed E-state index contributed by atoms with van der Waals surface area (Å²) in [6.07, 6.45) is 5.98. The second-order valence-corrected chi connectivity index (χ2v) is 10.8. The maximum atomic E-state index is 14.3. The standard InChI is InChI=1S/C23H37FN4O3/c1-14-13-15(19-17-3-2-4-18(24)20(17)26-25-19)5-6-16(14)21(29)27-9-11-28(12-10-27)22(30)23(31)7-8-23/h14-20,25-26,31H,2-13H2,1H3. The molecule has 7 nitrogen and oxygen atoms in total. The maximum Gasteiger partial charge on any atom is 0.254 e. The first-order valence-corrected chi connectivity index (χ1v) is 12.3. The third kappa shape index (κ3) is 4.00. The number of alkyl halides is 1. The third-order valence-electron chi connectivity index (χ3n) is 8.78. The van der Waals surface area contributed by atoms with E-state index in [1.54, 1.807) is 4.90 Å². The molecule has 2 aliphatic heterocycles. The highest BCUT2D eigenvalue weighted by Gasteiger charge is 2.51. The van der Waals surface area contributed by atoms with Crippen LogP contribution in [0.5, 0.6) is 0 Å². The maximum absolute atomic E-state index is 14.3. The van der Waals surface area contributed by atoms with Crippen molar-refractivity contribution >= 4 is 11.8 Å². The molecule has 7 unspecified atom stereocenters. The van der Waals surface area contributed by atoms with Gasteiger partial charge in [0.05, 0.1) is 6.04 Å². The van der Waals surface area contributed by atoms with Crippen molar-refractivity contribution in [3.05, 3.63) is 0 Å². The van der Waals surface area contributed by atoms with Crippen LogP contribution in [0.3, 0.4) is 0 Å². The Morgan fingerprint density at radius 3 is 2.32 bits per heavy atom. The van der Waals surface area contributed by atoms with Crippen molar-refractivity contribution in [2.75, 3.05) is 26.2 Å². The number of fused-ring (bicyclic) bond motifs is 1. The van der Waals surface area contributed by atoms with Crippen molar-refractivity contribution < 1.29 is 19.1 Å². The lowest BCUT2D eigenvalue weighted by atomic mass is 9.67. The van der Waals surface area contributed by atoms with Gasteiger partial charge in [-0.15, -0.1) is 0 Å². The van der Waals surface area contributed by atoms with E-state index in [0.717, 1.165) is 32.1 Å². The van der Waals surface area contributed by atoms with Crippen molar-refractivity contribution in [2.24, 2.45) is 23.7 Å². The molecule has 0 spiro atoms. The number of hydrogen-bond acceptors (Lipinski definition) is 5. The molecule has 3 saturated carbocycles. The summed E-state index contributed by atoms with van der Waals surface area (Å²) in [5, 5.41) is 10.1. The summed E-state index contributed by atoms with van der Waals surface area (Å²) in [4.78, 5) is 29.2. The van der Waals surface area contributed by atoms with Gasteiger partial charge < -0.3 is 14.9 Å². The molecule has 31 heavy (non-hydrogen) atoms. The molecule has 3 aliphatic carbocycles. The highest BCUT2D eigenvalue weighted by Crippen LogP contribution is 2.43. The van der Waals surface area contributed by atoms with E-state index in [-0.39, 0.29) is 23.8 Å². The molecule has 5 fully saturated rings. The van der Waals surface area contributed by atoms with Gasteiger partial charge in [0.25, 0.3) is 5.91 Å². The van der Waals surface area contributed by atoms with Gasteiger partial charge in [0.2, 0.25) is 5.91 Å². The van der Waals surface area contributed by atoms with Crippen LogP contribution in [0.4, 0.5) is 4.39 Å². The Balaban J connectivity index is 1.13. The number of aliphatic hydroxyl groups is 1. The second kappa shape index (κ2) is 8.27. The summed E-state index contributed by atoms with van der Waals surface area (Å²) in [5.74, 6) is 1.25. The number of nitrogens with one attached hydrogen (secondary N) is 2. The van der Waals surface area contributed by atoms with E-state index in [1.807, 2.05) is 4.90 Å². The highest BCUT2D eigenvalue weighted by atomic mass is 19.1. The Hall–Kier alpha value is -1.25. The van der Waals surface area contributed by atoms with Gasteiger partial charge in [-0.1, -0.05) is 13.3 Å². The monoisotopic (exact) mass is 436 g/mol. The van der Waals surface area contributed by atoms with Crippen LogP contribution < -0.4 is 10.9 Å². The summed E-state index contributed by atoms with van der Waals surface area (Å²) in [5.41, 5.74) is 5.53. The molecule has 5 rings (SSSR count). The lowest BCUT2D eigenvalue weighted by molar-refractivity contribution is -0.149. The number of carbonyl (C=O) groups is 2. The molecule has 7 atom stereocenters. The van der Waals surface area contributed by atoms with E-state index in [0.29, 0.717) is 69.2 Å². The Bertz CT molecular complexity index is 709. The van der Waals surface area contributed by atoms with Crippen LogP contribution in [-0.4, -0.2) is 76.8 Å². The van der Waals surface area contributed by atoms with E-state index < -0.39 is 11.8 Å². The zero-order valence-corrected chi connectivity index (χ0v) is 18.6. The molecule has 2 heterocycles. The van der Waals surface area contributed by atoms with Gasteiger partial charge in [0.1, 0.15) is 11.8 Å². The lowest BCUT2D eigenvalue weighted by Crippen LogP contribution is -2.55. The fourth-order valence-electron chi connectivity index (χ4n) is 6.67. The molecule has 0 aromatic rings. The van der Waals surface area contributed by atoms with Crippen molar-refractivity contribution in [2.45, 2.75) is 82.1 Å². The van der Waals surface area contributed by atoms with Crippen molar-refractivity contribution in [3.8, 4) is 0 Å². The number of amides is 2. The largest absolute Gasteiger partial charge is 0.380 e. The van der Waals surface area contributed by atoms with Crippen LogP contribution in [0.2, 0.25) is 0 Å². The van der Waals surface area contributed by atoms with Crippen LogP contribution in [0.25, 0.3) is 0 Å². The van der Waals surface area contributed by atoms with E-state index in [4.69, 9.17) is 0 Å². The first-order chi connectivity index (χ1) is 14.9. The van der Waals surface area contributed by atoms with E-state index in [1.165, 1.54) is 0 Å². The zero-order valence-electron chi connectivity index (χ0n) is 18.6. The summed E-state index contributed by atoms with van der Waals surface area (Å²) in [6.45, 7) is 4.34. The molecule has 0 radical (unpaired) electrons. The quantitative estimate of drug-likeness (QED) is 0.620. The molecule has 174 valence electrons. The van der Waals surface area contributed by atoms with Crippen LogP contribution in [0.1, 0.15) is 58.3 Å². The van der Waals surface area contributed by atoms with Gasteiger partial charge in [-0.2, -0.15) is 0 Å². The predicted octanol–water partition coefficient (Wildman–Crippen LogP) is 1.22. The van der Waals surface area contributed by atoms with Crippen molar-refractivity contribution in [3.63, 3.8) is 0 Å². The Labute approximate surface area is 184 Å². The second-order valence-electron chi connectivity index (χ2n) is 10.8. The summed E-state index contributed by atoms with van der Waals surface area (Å²) in [7, 11) is 0. The molecule has 2 saturated heterocycles. The first kappa shape index (κ1) is 21.6. The minimum atomic E-state index is -1.12. The average molecular weight is 437 g/mol. The van der Waals surface area contributed by atoms with Gasteiger partial charge >= 0.3 is 0 Å². The van der Waals surface area contributed by atoms with Gasteiger partial charge in [-0.3, -0.25) is 20.4 Å². The van der Waals surface area contributed by atoms with Gasteiger partial charge in [-0.25, -0.2) is 4.39 Å². The van der Waals surface area contributed by atoms with Crippen LogP contribution in [0.15, 0.2) is 0 Å². The Morgan fingerprint density at radius 2 is 1.65 bits per heavy atom. The van der Waals surface area contributed by atoms with Crippen molar-refractivity contribution in [1.29, 1.82) is 0 Å². The van der Waals surface area contributed by atoms with Crippen LogP contribution in [0, 0.1) is 23.7 Å². The van der Waals surface area contributed by atoms with Crippen molar-refractivity contribution in [1.82, 2.24) is 20.7 Å². The van der Waals surface area contributed by atoms with Gasteiger partial charge in [-0.05, 0) is 62.7 Å². The summed E-state index contributed by atoms with van der Waals surface area (Å²) >= 11 is 0. The fourth-order valence-corrected chi connectivity index (χ4v) is 6.67. The normalized spacial score (nSPS) is 42.2. The smallest absolute Gasteiger partial charge is 0.254 e. The molecule has 0 aromatic heterocycles. The minimum Gasteiger partial charge on any atom is -0.380 e. The number of rotatable bonds is 3. The van der Waals surface area contributed by atoms with Crippen LogP contribution in [-0.2, 0) is 9.59 Å². The number of piperazine rings is 1. The molecule has 3 N–H and O–H groups in total. The number of halogens is 1. The Kier molecular flexibility index (Phi) is 5.76. The predicted molar refractivity (Wildman–Crippen MR) is 113 cm³/mol. The molecule has 8 heteroatoms. The zero-order chi connectivity index (χ0) is 21.8. The van der Waals surface area contributed by atoms with E-state index in [9.17, 15) is 19.1 Å². The summed E-state index contributed by atoms with van der Waals surface area (Å²) < 4.78 is 14.3. The third-order valence-corrected chi connectivity index (χ3v) is 8.78.